The third kappa shape index (κ3) is 3.51. The van der Waals surface area contributed by atoms with Gasteiger partial charge >= 0.3 is 0 Å². The van der Waals surface area contributed by atoms with Crippen LogP contribution in [0.2, 0.25) is 0 Å². The van der Waals surface area contributed by atoms with Gasteiger partial charge in [0.2, 0.25) is 5.79 Å². The molecule has 2 aromatic rings. The molecule has 3 aliphatic rings. The molecule has 0 unspecified atom stereocenters. The average molecular weight is 393 g/mol. The predicted octanol–water partition coefficient (Wildman–Crippen LogP) is 3.61. The van der Waals surface area contributed by atoms with Gasteiger partial charge < -0.3 is 14.4 Å². The van der Waals surface area contributed by atoms with E-state index in [0.29, 0.717) is 12.2 Å². The number of aromatic nitrogens is 1. The third-order valence-electron chi connectivity index (χ3n) is 6.60. The Morgan fingerprint density at radius 2 is 1.93 bits per heavy atom. The van der Waals surface area contributed by atoms with Gasteiger partial charge in [-0.2, -0.15) is 0 Å². The van der Waals surface area contributed by atoms with E-state index in [9.17, 15) is 4.79 Å². The predicted molar refractivity (Wildman–Crippen MR) is 110 cm³/mol. The summed E-state index contributed by atoms with van der Waals surface area (Å²) in [5.41, 5.74) is 2.43. The highest BCUT2D eigenvalue weighted by Crippen LogP contribution is 2.40. The first-order chi connectivity index (χ1) is 14.1. The SMILES string of the molecule is CN(C(=O)c1ccncc1)c1ccc2c(c1)COC1(CCN(C3CCC3)CC1)O2. The van der Waals surface area contributed by atoms with Crippen molar-refractivity contribution in [3.8, 4) is 5.75 Å². The van der Waals surface area contributed by atoms with Crippen molar-refractivity contribution in [1.29, 1.82) is 0 Å². The van der Waals surface area contributed by atoms with Gasteiger partial charge in [-0.25, -0.2) is 0 Å². The summed E-state index contributed by atoms with van der Waals surface area (Å²) in [6.07, 6.45) is 9.12. The zero-order valence-electron chi connectivity index (χ0n) is 16.8. The molecule has 152 valence electrons. The van der Waals surface area contributed by atoms with Gasteiger partial charge in [0.15, 0.2) is 0 Å². The van der Waals surface area contributed by atoms with Gasteiger partial charge in [0.25, 0.3) is 5.91 Å². The maximum Gasteiger partial charge on any atom is 0.258 e. The largest absolute Gasteiger partial charge is 0.462 e. The number of pyridine rings is 1. The lowest BCUT2D eigenvalue weighted by Crippen LogP contribution is -2.54. The van der Waals surface area contributed by atoms with E-state index in [-0.39, 0.29) is 5.91 Å². The number of hydrogen-bond donors (Lipinski definition) is 0. The molecule has 0 N–H and O–H groups in total. The third-order valence-corrected chi connectivity index (χ3v) is 6.60. The second-order valence-corrected chi connectivity index (χ2v) is 8.31. The zero-order chi connectivity index (χ0) is 19.8. The van der Waals surface area contributed by atoms with E-state index in [1.54, 1.807) is 36.5 Å². The van der Waals surface area contributed by atoms with Crippen molar-refractivity contribution < 1.29 is 14.3 Å². The van der Waals surface area contributed by atoms with Gasteiger partial charge in [0.1, 0.15) is 5.75 Å². The van der Waals surface area contributed by atoms with Crippen molar-refractivity contribution in [2.75, 3.05) is 25.0 Å². The molecule has 29 heavy (non-hydrogen) atoms. The number of rotatable bonds is 3. The molecule has 1 aliphatic carbocycles. The number of ether oxygens (including phenoxy) is 2. The first-order valence-corrected chi connectivity index (χ1v) is 10.5. The maximum absolute atomic E-state index is 12.7. The molecule has 5 rings (SSSR count). The number of anilines is 1. The van der Waals surface area contributed by atoms with Crippen LogP contribution in [-0.2, 0) is 11.3 Å². The molecule has 6 heteroatoms. The molecular formula is C23H27N3O3. The van der Waals surface area contributed by atoms with Crippen LogP contribution in [0.3, 0.4) is 0 Å². The summed E-state index contributed by atoms with van der Waals surface area (Å²) < 4.78 is 12.6. The van der Waals surface area contributed by atoms with Crippen LogP contribution in [0.5, 0.6) is 5.75 Å². The Morgan fingerprint density at radius 3 is 2.62 bits per heavy atom. The van der Waals surface area contributed by atoms with E-state index in [4.69, 9.17) is 9.47 Å². The monoisotopic (exact) mass is 393 g/mol. The molecule has 3 heterocycles. The summed E-state index contributed by atoms with van der Waals surface area (Å²) in [5.74, 6) is 0.319. The maximum atomic E-state index is 12.7. The van der Waals surface area contributed by atoms with E-state index in [1.807, 2.05) is 18.2 Å². The van der Waals surface area contributed by atoms with Crippen LogP contribution >= 0.6 is 0 Å². The lowest BCUT2D eigenvalue weighted by Gasteiger charge is -2.47. The zero-order valence-corrected chi connectivity index (χ0v) is 16.8. The van der Waals surface area contributed by atoms with Gasteiger partial charge in [-0.15, -0.1) is 0 Å². The van der Waals surface area contributed by atoms with Crippen LogP contribution in [0.25, 0.3) is 0 Å². The van der Waals surface area contributed by atoms with E-state index >= 15 is 0 Å². The van der Waals surface area contributed by atoms with Crippen LogP contribution in [0.1, 0.15) is 48.0 Å². The van der Waals surface area contributed by atoms with Crippen molar-refractivity contribution in [1.82, 2.24) is 9.88 Å². The number of carbonyl (C=O) groups is 1. The smallest absolute Gasteiger partial charge is 0.258 e. The average Bonchev–Trinajstić information content (AvgIpc) is 2.73. The number of piperidine rings is 1. The van der Waals surface area contributed by atoms with E-state index in [2.05, 4.69) is 9.88 Å². The molecule has 1 spiro atoms. The molecule has 1 saturated carbocycles. The quantitative estimate of drug-likeness (QED) is 0.797. The second-order valence-electron chi connectivity index (χ2n) is 8.31. The number of nitrogens with zero attached hydrogens (tertiary/aromatic N) is 3. The summed E-state index contributed by atoms with van der Waals surface area (Å²) in [5, 5.41) is 0. The fourth-order valence-electron chi connectivity index (χ4n) is 4.46. The molecule has 0 atom stereocenters. The molecule has 0 bridgehead atoms. The Balaban J connectivity index is 1.28. The first-order valence-electron chi connectivity index (χ1n) is 10.5. The molecule has 1 amide bonds. The Hall–Kier alpha value is -2.44. The summed E-state index contributed by atoms with van der Waals surface area (Å²) in [6, 6.07) is 10.1. The summed E-state index contributed by atoms with van der Waals surface area (Å²) in [6.45, 7) is 2.60. The second kappa shape index (κ2) is 7.43. The summed E-state index contributed by atoms with van der Waals surface area (Å²) in [7, 11) is 1.78. The standard InChI is InChI=1S/C23H27N3O3/c1-25(22(27)17-7-11-24-12-8-17)20-5-6-21-18(15-20)16-28-23(29-21)9-13-26(14-10-23)19-3-2-4-19/h5-8,11-12,15,19H,2-4,9-10,13-14,16H2,1H3. The number of hydrogen-bond acceptors (Lipinski definition) is 5. The first kappa shape index (κ1) is 18.6. The molecule has 1 aromatic carbocycles. The van der Waals surface area contributed by atoms with Crippen LogP contribution in [0, 0.1) is 0 Å². The summed E-state index contributed by atoms with van der Waals surface area (Å²) in [4.78, 5) is 20.9. The minimum absolute atomic E-state index is 0.0650. The van der Waals surface area contributed by atoms with Gasteiger partial charge in [-0.3, -0.25) is 14.7 Å². The lowest BCUT2D eigenvalue weighted by molar-refractivity contribution is -0.231. The fraction of sp³-hybridized carbons (Fsp3) is 0.478. The van der Waals surface area contributed by atoms with Gasteiger partial charge in [-0.1, -0.05) is 6.42 Å². The Kier molecular flexibility index (Phi) is 4.76. The van der Waals surface area contributed by atoms with Crippen molar-refractivity contribution in [2.24, 2.45) is 0 Å². The highest BCUT2D eigenvalue weighted by atomic mass is 16.7. The number of fused-ring (bicyclic) bond motifs is 1. The fourth-order valence-corrected chi connectivity index (χ4v) is 4.46. The topological polar surface area (TPSA) is 54.9 Å². The van der Waals surface area contributed by atoms with Crippen LogP contribution in [0.4, 0.5) is 5.69 Å². The normalized spacial score (nSPS) is 21.1. The van der Waals surface area contributed by atoms with Crippen molar-refractivity contribution in [2.45, 2.75) is 50.5 Å². The highest BCUT2D eigenvalue weighted by Gasteiger charge is 2.42. The van der Waals surface area contributed by atoms with Crippen molar-refractivity contribution in [3.63, 3.8) is 0 Å². The molecule has 2 aliphatic heterocycles. The van der Waals surface area contributed by atoms with Gasteiger partial charge in [0, 0.05) is 68.2 Å². The van der Waals surface area contributed by atoms with E-state index < -0.39 is 5.79 Å². The molecule has 1 aromatic heterocycles. The lowest BCUT2D eigenvalue weighted by atomic mass is 9.89. The number of amides is 1. The van der Waals surface area contributed by atoms with Crippen LogP contribution < -0.4 is 9.64 Å². The minimum Gasteiger partial charge on any atom is -0.462 e. The highest BCUT2D eigenvalue weighted by molar-refractivity contribution is 6.05. The summed E-state index contributed by atoms with van der Waals surface area (Å²) >= 11 is 0. The molecule has 2 fully saturated rings. The van der Waals surface area contributed by atoms with E-state index in [0.717, 1.165) is 49.0 Å². The molecule has 1 saturated heterocycles. The molecule has 0 radical (unpaired) electrons. The van der Waals surface area contributed by atoms with Crippen molar-refractivity contribution in [3.05, 3.63) is 53.9 Å². The van der Waals surface area contributed by atoms with Gasteiger partial charge in [0.05, 0.1) is 6.61 Å². The van der Waals surface area contributed by atoms with Crippen LogP contribution in [-0.4, -0.2) is 47.8 Å². The minimum atomic E-state index is -0.493. The molecule has 6 nitrogen and oxygen atoms in total. The Bertz CT molecular complexity index is 889. The van der Waals surface area contributed by atoms with Crippen molar-refractivity contribution >= 4 is 11.6 Å². The Morgan fingerprint density at radius 1 is 1.17 bits per heavy atom. The van der Waals surface area contributed by atoms with E-state index in [1.165, 1.54) is 19.3 Å². The number of carbonyl (C=O) groups excluding carboxylic acids is 1. The number of likely N-dealkylation sites (tertiary alicyclic amines) is 1. The Labute approximate surface area is 171 Å². The van der Waals surface area contributed by atoms with Gasteiger partial charge in [-0.05, 0) is 43.2 Å². The molecular weight excluding hydrogens is 366 g/mol. The number of benzene rings is 1. The van der Waals surface area contributed by atoms with Crippen LogP contribution in [0.15, 0.2) is 42.7 Å².